The number of hydrogen-bond donors (Lipinski definition) is 3. The number of hydrogen-bond acceptors (Lipinski definition) is 6. The Hall–Kier alpha value is -1.92. The molecule has 6 nitrogen and oxygen atoms in total. The summed E-state index contributed by atoms with van der Waals surface area (Å²) >= 11 is 0. The van der Waals surface area contributed by atoms with Gasteiger partial charge in [0.1, 0.15) is 5.82 Å². The number of nitrogens with zero attached hydrogens (tertiary/aromatic N) is 2. The highest BCUT2D eigenvalue weighted by Gasteiger charge is 2.08. The van der Waals surface area contributed by atoms with Crippen molar-refractivity contribution in [3.05, 3.63) is 24.3 Å². The summed E-state index contributed by atoms with van der Waals surface area (Å²) in [7, 11) is 3.33. The average molecular weight is 262 g/mol. The minimum atomic E-state index is -0.572. The van der Waals surface area contributed by atoms with Crippen LogP contribution in [0.25, 0.3) is 10.9 Å². The number of methoxy groups -OCH3 is 1. The smallest absolute Gasteiger partial charge is 0.224 e. The van der Waals surface area contributed by atoms with E-state index in [0.717, 1.165) is 10.9 Å². The van der Waals surface area contributed by atoms with Gasteiger partial charge < -0.3 is 20.5 Å². The second-order valence-corrected chi connectivity index (χ2v) is 4.15. The Morgan fingerprint density at radius 1 is 1.32 bits per heavy atom. The number of ether oxygens (including phenoxy) is 1. The summed E-state index contributed by atoms with van der Waals surface area (Å²) in [4.78, 5) is 8.73. The molecule has 102 valence electrons. The van der Waals surface area contributed by atoms with Crippen LogP contribution in [0.1, 0.15) is 0 Å². The van der Waals surface area contributed by atoms with Crippen LogP contribution >= 0.6 is 0 Å². The quantitative estimate of drug-likeness (QED) is 0.723. The van der Waals surface area contributed by atoms with E-state index in [4.69, 9.17) is 4.74 Å². The number of aromatic nitrogens is 2. The molecule has 2 rings (SSSR count). The summed E-state index contributed by atoms with van der Waals surface area (Å²) < 4.78 is 4.89. The maximum atomic E-state index is 9.66. The zero-order valence-corrected chi connectivity index (χ0v) is 11.1. The van der Waals surface area contributed by atoms with Gasteiger partial charge >= 0.3 is 0 Å². The van der Waals surface area contributed by atoms with Crippen LogP contribution in [0, 0.1) is 0 Å². The Labute approximate surface area is 111 Å². The third-order valence-corrected chi connectivity index (χ3v) is 2.69. The van der Waals surface area contributed by atoms with E-state index < -0.39 is 6.10 Å². The van der Waals surface area contributed by atoms with Gasteiger partial charge in [-0.2, -0.15) is 4.98 Å². The lowest BCUT2D eigenvalue weighted by molar-refractivity contribution is 0.0727. The van der Waals surface area contributed by atoms with Crippen molar-refractivity contribution in [3.63, 3.8) is 0 Å². The first kappa shape index (κ1) is 13.5. The van der Waals surface area contributed by atoms with E-state index in [9.17, 15) is 5.11 Å². The number of anilines is 2. The van der Waals surface area contributed by atoms with Gasteiger partial charge in [0.05, 0.1) is 18.2 Å². The highest BCUT2D eigenvalue weighted by molar-refractivity contribution is 5.89. The molecule has 2 aromatic rings. The minimum absolute atomic E-state index is 0.287. The Bertz CT molecular complexity index is 547. The second kappa shape index (κ2) is 6.31. The molecule has 0 spiro atoms. The molecule has 6 heteroatoms. The fourth-order valence-electron chi connectivity index (χ4n) is 1.79. The molecule has 19 heavy (non-hydrogen) atoms. The molecule has 1 aromatic carbocycles. The molecular weight excluding hydrogens is 244 g/mol. The molecule has 0 radical (unpaired) electrons. The zero-order chi connectivity index (χ0) is 13.7. The van der Waals surface area contributed by atoms with Crippen molar-refractivity contribution in [2.24, 2.45) is 0 Å². The minimum Gasteiger partial charge on any atom is -0.389 e. The summed E-state index contributed by atoms with van der Waals surface area (Å²) in [5, 5.41) is 16.6. The number of rotatable bonds is 6. The fraction of sp³-hybridized carbons (Fsp3) is 0.385. The molecule has 1 aromatic heterocycles. The Morgan fingerprint density at radius 3 is 2.84 bits per heavy atom. The standard InChI is InChI=1S/C13H18N4O2/c1-14-13-16-11-6-4-3-5-10(11)12(17-13)15-7-9(18)8-19-2/h3-6,9,18H,7-8H2,1-2H3,(H2,14,15,16,17). The monoisotopic (exact) mass is 262 g/mol. The van der Waals surface area contributed by atoms with Gasteiger partial charge in [-0.1, -0.05) is 12.1 Å². The SMILES string of the molecule is CNc1nc(NCC(O)COC)c2ccccc2n1. The molecule has 0 aliphatic heterocycles. The molecule has 0 saturated heterocycles. The lowest BCUT2D eigenvalue weighted by Gasteiger charge is -2.13. The topological polar surface area (TPSA) is 79.3 Å². The van der Waals surface area contributed by atoms with Crippen LogP contribution in [0.2, 0.25) is 0 Å². The molecule has 0 aliphatic carbocycles. The molecule has 0 aliphatic rings. The Kier molecular flexibility index (Phi) is 4.48. The van der Waals surface area contributed by atoms with Crippen LogP contribution in [-0.4, -0.2) is 48.5 Å². The van der Waals surface area contributed by atoms with Gasteiger partial charge in [-0.3, -0.25) is 0 Å². The van der Waals surface area contributed by atoms with Crippen molar-refractivity contribution in [2.45, 2.75) is 6.10 Å². The predicted octanol–water partition coefficient (Wildman–Crippen LogP) is 1.09. The first-order valence-corrected chi connectivity index (χ1v) is 6.10. The summed E-state index contributed by atoms with van der Waals surface area (Å²) in [6, 6.07) is 7.73. The van der Waals surface area contributed by atoms with Crippen LogP contribution < -0.4 is 10.6 Å². The van der Waals surface area contributed by atoms with Crippen LogP contribution in [0.15, 0.2) is 24.3 Å². The van der Waals surface area contributed by atoms with Crippen LogP contribution in [0.4, 0.5) is 11.8 Å². The highest BCUT2D eigenvalue weighted by Crippen LogP contribution is 2.21. The molecule has 0 fully saturated rings. The molecular formula is C13H18N4O2. The second-order valence-electron chi connectivity index (χ2n) is 4.15. The maximum absolute atomic E-state index is 9.66. The first-order valence-electron chi connectivity index (χ1n) is 6.10. The number of aliphatic hydroxyl groups excluding tert-OH is 1. The van der Waals surface area contributed by atoms with Crippen molar-refractivity contribution >= 4 is 22.7 Å². The number of nitrogens with one attached hydrogen (secondary N) is 2. The normalized spacial score (nSPS) is 12.4. The average Bonchev–Trinajstić information content (AvgIpc) is 2.44. The number of benzene rings is 1. The van der Waals surface area contributed by atoms with E-state index >= 15 is 0 Å². The van der Waals surface area contributed by atoms with Gasteiger partial charge in [0.15, 0.2) is 0 Å². The van der Waals surface area contributed by atoms with Crippen molar-refractivity contribution in [2.75, 3.05) is 37.9 Å². The van der Waals surface area contributed by atoms with E-state index in [-0.39, 0.29) is 6.61 Å². The third kappa shape index (κ3) is 3.30. The van der Waals surface area contributed by atoms with E-state index in [1.807, 2.05) is 24.3 Å². The fourth-order valence-corrected chi connectivity index (χ4v) is 1.79. The zero-order valence-electron chi connectivity index (χ0n) is 11.1. The third-order valence-electron chi connectivity index (χ3n) is 2.69. The summed E-state index contributed by atoms with van der Waals surface area (Å²) in [6.45, 7) is 0.660. The van der Waals surface area contributed by atoms with Gasteiger partial charge in [-0.15, -0.1) is 0 Å². The summed E-state index contributed by atoms with van der Waals surface area (Å²) in [5.74, 6) is 1.24. The predicted molar refractivity (Wildman–Crippen MR) is 75.5 cm³/mol. The van der Waals surface area contributed by atoms with Gasteiger partial charge in [0, 0.05) is 26.1 Å². The van der Waals surface area contributed by atoms with E-state index in [0.29, 0.717) is 18.3 Å². The van der Waals surface area contributed by atoms with Crippen LogP contribution in [0.5, 0.6) is 0 Å². The molecule has 1 atom stereocenters. The molecule has 1 heterocycles. The van der Waals surface area contributed by atoms with E-state index in [1.165, 1.54) is 0 Å². The molecule has 0 bridgehead atoms. The molecule has 3 N–H and O–H groups in total. The Morgan fingerprint density at radius 2 is 2.11 bits per heavy atom. The highest BCUT2D eigenvalue weighted by atomic mass is 16.5. The van der Waals surface area contributed by atoms with E-state index in [1.54, 1.807) is 14.2 Å². The summed E-state index contributed by atoms with van der Waals surface area (Å²) in [5.41, 5.74) is 0.852. The van der Waals surface area contributed by atoms with Crippen LogP contribution in [-0.2, 0) is 4.74 Å². The lowest BCUT2D eigenvalue weighted by atomic mass is 10.2. The van der Waals surface area contributed by atoms with Gasteiger partial charge in [-0.05, 0) is 12.1 Å². The lowest BCUT2D eigenvalue weighted by Crippen LogP contribution is -2.24. The Balaban J connectivity index is 2.25. The van der Waals surface area contributed by atoms with Crippen LogP contribution in [0.3, 0.4) is 0 Å². The first-order chi connectivity index (χ1) is 9.24. The largest absolute Gasteiger partial charge is 0.389 e. The van der Waals surface area contributed by atoms with Gasteiger partial charge in [-0.25, -0.2) is 4.98 Å². The van der Waals surface area contributed by atoms with Gasteiger partial charge in [0.25, 0.3) is 0 Å². The van der Waals surface area contributed by atoms with Crippen molar-refractivity contribution in [1.29, 1.82) is 0 Å². The number of para-hydroxylation sites is 1. The molecule has 0 saturated carbocycles. The van der Waals surface area contributed by atoms with Crippen molar-refractivity contribution in [3.8, 4) is 0 Å². The van der Waals surface area contributed by atoms with Gasteiger partial charge in [0.2, 0.25) is 5.95 Å². The molecule has 0 amide bonds. The molecule has 1 unspecified atom stereocenters. The van der Waals surface area contributed by atoms with E-state index in [2.05, 4.69) is 20.6 Å². The van der Waals surface area contributed by atoms with Crippen molar-refractivity contribution < 1.29 is 9.84 Å². The summed E-state index contributed by atoms with van der Waals surface area (Å²) in [6.07, 6.45) is -0.572. The maximum Gasteiger partial charge on any atom is 0.224 e. The number of aliphatic hydroxyl groups is 1. The van der Waals surface area contributed by atoms with Crippen molar-refractivity contribution in [1.82, 2.24) is 9.97 Å². The number of fused-ring (bicyclic) bond motifs is 1.